The molecule has 0 saturated heterocycles. The Kier molecular flexibility index (Phi) is 7.21. The van der Waals surface area contributed by atoms with Gasteiger partial charge in [0.25, 0.3) is 0 Å². The highest BCUT2D eigenvalue weighted by Gasteiger charge is 2.16. The van der Waals surface area contributed by atoms with Crippen molar-refractivity contribution in [1.82, 2.24) is 15.5 Å². The van der Waals surface area contributed by atoms with Gasteiger partial charge in [0.05, 0.1) is 0 Å². The van der Waals surface area contributed by atoms with Crippen LogP contribution in [0.5, 0.6) is 0 Å². The first-order chi connectivity index (χ1) is 9.00. The van der Waals surface area contributed by atoms with Crippen LogP contribution in [0.3, 0.4) is 0 Å². The molecule has 112 valence electrons. The third-order valence-electron chi connectivity index (χ3n) is 3.92. The first-order valence-corrected chi connectivity index (χ1v) is 7.80. The molecule has 0 aromatic heterocycles. The van der Waals surface area contributed by atoms with Crippen LogP contribution in [0.2, 0.25) is 0 Å². The number of nitrogens with one attached hydrogen (secondary N) is 2. The van der Waals surface area contributed by atoms with Crippen molar-refractivity contribution in [3.63, 3.8) is 0 Å². The maximum atomic E-state index is 11.8. The van der Waals surface area contributed by atoms with Crippen LogP contribution in [0.4, 0.5) is 4.79 Å². The molecule has 1 rings (SSSR count). The molecule has 0 spiro atoms. The number of hydrogen-bond acceptors (Lipinski definition) is 2. The molecule has 0 aromatic rings. The fourth-order valence-electron chi connectivity index (χ4n) is 2.89. The molecule has 0 unspecified atom stereocenters. The second-order valence-electron chi connectivity index (χ2n) is 6.16. The van der Waals surface area contributed by atoms with E-state index >= 15 is 0 Å². The van der Waals surface area contributed by atoms with E-state index in [-0.39, 0.29) is 6.03 Å². The highest BCUT2D eigenvalue weighted by molar-refractivity contribution is 5.74. The van der Waals surface area contributed by atoms with Gasteiger partial charge in [0.1, 0.15) is 0 Å². The Labute approximate surface area is 118 Å². The summed E-state index contributed by atoms with van der Waals surface area (Å²) in [4.78, 5) is 14.2. The average Bonchev–Trinajstić information content (AvgIpc) is 2.34. The van der Waals surface area contributed by atoms with Gasteiger partial charge >= 0.3 is 6.03 Å². The van der Waals surface area contributed by atoms with Gasteiger partial charge < -0.3 is 10.6 Å². The molecule has 0 heterocycles. The van der Waals surface area contributed by atoms with Crippen LogP contribution in [-0.2, 0) is 0 Å². The van der Waals surface area contributed by atoms with Crippen molar-refractivity contribution in [1.29, 1.82) is 0 Å². The molecule has 0 aromatic carbocycles. The minimum absolute atomic E-state index is 0.000591. The van der Waals surface area contributed by atoms with E-state index in [1.807, 2.05) is 0 Å². The lowest BCUT2D eigenvalue weighted by Gasteiger charge is -2.30. The first kappa shape index (κ1) is 16.3. The Hall–Kier alpha value is -0.770. The van der Waals surface area contributed by atoms with E-state index in [0.29, 0.717) is 18.1 Å². The van der Waals surface area contributed by atoms with Crippen LogP contribution in [0.15, 0.2) is 0 Å². The van der Waals surface area contributed by atoms with Gasteiger partial charge in [0, 0.05) is 31.2 Å². The van der Waals surface area contributed by atoms with Gasteiger partial charge in [-0.25, -0.2) is 4.79 Å². The van der Waals surface area contributed by atoms with Gasteiger partial charge in [-0.05, 0) is 40.5 Å². The first-order valence-electron chi connectivity index (χ1n) is 7.80. The zero-order valence-corrected chi connectivity index (χ0v) is 13.0. The van der Waals surface area contributed by atoms with Gasteiger partial charge in [-0.15, -0.1) is 0 Å². The largest absolute Gasteiger partial charge is 0.337 e. The van der Waals surface area contributed by atoms with Gasteiger partial charge in [0.2, 0.25) is 0 Å². The predicted octanol–water partition coefficient (Wildman–Crippen LogP) is 2.74. The number of nitrogens with zero attached hydrogens (tertiary/aromatic N) is 1. The molecule has 0 radical (unpaired) electrons. The summed E-state index contributed by atoms with van der Waals surface area (Å²) in [5.74, 6) is 0. The van der Waals surface area contributed by atoms with Crippen molar-refractivity contribution in [3.8, 4) is 0 Å². The summed E-state index contributed by atoms with van der Waals surface area (Å²) in [6.07, 6.45) is 6.09. The van der Waals surface area contributed by atoms with Crippen LogP contribution in [0.1, 0.15) is 59.8 Å². The smallest absolute Gasteiger partial charge is 0.315 e. The van der Waals surface area contributed by atoms with Gasteiger partial charge in [-0.3, -0.25) is 4.90 Å². The molecule has 19 heavy (non-hydrogen) atoms. The summed E-state index contributed by atoms with van der Waals surface area (Å²) < 4.78 is 0. The van der Waals surface area contributed by atoms with E-state index in [1.165, 1.54) is 19.3 Å². The summed E-state index contributed by atoms with van der Waals surface area (Å²) >= 11 is 0. The number of urea groups is 1. The lowest BCUT2D eigenvalue weighted by atomic mass is 9.96. The topological polar surface area (TPSA) is 44.4 Å². The third-order valence-corrected chi connectivity index (χ3v) is 3.92. The number of carbonyl (C=O) groups excluding carboxylic acids is 1. The minimum atomic E-state index is -0.000591. The summed E-state index contributed by atoms with van der Waals surface area (Å²) in [6, 6.07) is 1.42. The number of amides is 2. The third kappa shape index (κ3) is 6.28. The van der Waals surface area contributed by atoms with Gasteiger partial charge in [0.15, 0.2) is 0 Å². The van der Waals surface area contributed by atoms with E-state index in [1.54, 1.807) is 0 Å². The van der Waals surface area contributed by atoms with Crippen molar-refractivity contribution in [2.75, 3.05) is 13.1 Å². The summed E-state index contributed by atoms with van der Waals surface area (Å²) in [6.45, 7) is 10.4. The second-order valence-corrected chi connectivity index (χ2v) is 6.16. The molecule has 4 nitrogen and oxygen atoms in total. The fraction of sp³-hybridized carbons (Fsp3) is 0.933. The molecule has 0 aliphatic heterocycles. The standard InChI is InChI=1S/C15H31N3O/c1-12(2)18(13(3)4)11-10-16-15(19)17-14-8-6-5-7-9-14/h12-14H,5-11H2,1-4H3,(H2,16,17,19). The normalized spacial score (nSPS) is 17.2. The average molecular weight is 269 g/mol. The van der Waals surface area contributed by atoms with Crippen LogP contribution in [-0.4, -0.2) is 42.1 Å². The van der Waals surface area contributed by atoms with Gasteiger partial charge in [-0.2, -0.15) is 0 Å². The summed E-state index contributed by atoms with van der Waals surface area (Å²) in [5.41, 5.74) is 0. The van der Waals surface area contributed by atoms with E-state index in [2.05, 4.69) is 43.2 Å². The molecule has 2 amide bonds. The van der Waals surface area contributed by atoms with E-state index in [4.69, 9.17) is 0 Å². The highest BCUT2D eigenvalue weighted by Crippen LogP contribution is 2.17. The number of carbonyl (C=O) groups is 1. The summed E-state index contributed by atoms with van der Waals surface area (Å²) in [5, 5.41) is 6.06. The zero-order valence-electron chi connectivity index (χ0n) is 13.0. The SMILES string of the molecule is CC(C)N(CCNC(=O)NC1CCCCC1)C(C)C. The molecular formula is C15H31N3O. The molecule has 2 N–H and O–H groups in total. The molecule has 0 bridgehead atoms. The van der Waals surface area contributed by atoms with Gasteiger partial charge in [-0.1, -0.05) is 19.3 Å². The number of rotatable bonds is 6. The quantitative estimate of drug-likeness (QED) is 0.779. The minimum Gasteiger partial charge on any atom is -0.337 e. The fourth-order valence-corrected chi connectivity index (χ4v) is 2.89. The van der Waals surface area contributed by atoms with Crippen molar-refractivity contribution < 1.29 is 4.79 Å². The lowest BCUT2D eigenvalue weighted by molar-refractivity contribution is 0.174. The van der Waals surface area contributed by atoms with Crippen molar-refractivity contribution in [3.05, 3.63) is 0 Å². The Morgan fingerprint density at radius 2 is 1.68 bits per heavy atom. The molecule has 1 fully saturated rings. The van der Waals surface area contributed by atoms with E-state index in [9.17, 15) is 4.79 Å². The summed E-state index contributed by atoms with van der Waals surface area (Å²) in [7, 11) is 0. The maximum absolute atomic E-state index is 11.8. The zero-order chi connectivity index (χ0) is 14.3. The van der Waals surface area contributed by atoms with Crippen LogP contribution >= 0.6 is 0 Å². The molecule has 1 aliphatic rings. The van der Waals surface area contributed by atoms with Crippen molar-refractivity contribution in [2.45, 2.75) is 77.9 Å². The Morgan fingerprint density at radius 3 is 2.21 bits per heavy atom. The molecule has 1 saturated carbocycles. The van der Waals surface area contributed by atoms with Crippen LogP contribution < -0.4 is 10.6 Å². The predicted molar refractivity (Wildman–Crippen MR) is 80.4 cm³/mol. The molecule has 1 aliphatic carbocycles. The van der Waals surface area contributed by atoms with E-state index < -0.39 is 0 Å². The van der Waals surface area contributed by atoms with Crippen molar-refractivity contribution >= 4 is 6.03 Å². The number of hydrogen-bond donors (Lipinski definition) is 2. The Bertz CT molecular complexity index is 252. The Morgan fingerprint density at radius 1 is 1.11 bits per heavy atom. The highest BCUT2D eigenvalue weighted by atomic mass is 16.2. The second kappa shape index (κ2) is 8.41. The Balaban J connectivity index is 2.18. The molecule has 4 heteroatoms. The molecular weight excluding hydrogens is 238 g/mol. The molecule has 0 atom stereocenters. The monoisotopic (exact) mass is 269 g/mol. The maximum Gasteiger partial charge on any atom is 0.315 e. The van der Waals surface area contributed by atoms with E-state index in [0.717, 1.165) is 25.9 Å². The van der Waals surface area contributed by atoms with Crippen LogP contribution in [0.25, 0.3) is 0 Å². The lowest BCUT2D eigenvalue weighted by Crippen LogP contribution is -2.47. The van der Waals surface area contributed by atoms with Crippen molar-refractivity contribution in [2.24, 2.45) is 0 Å². The van der Waals surface area contributed by atoms with Crippen LogP contribution in [0, 0.1) is 0 Å².